The summed E-state index contributed by atoms with van der Waals surface area (Å²) in [5.41, 5.74) is 0.311. The molecule has 1 aromatic carbocycles. The van der Waals surface area contributed by atoms with Gasteiger partial charge in [0.15, 0.2) is 5.96 Å². The lowest BCUT2D eigenvalue weighted by atomic mass is 10.1. The summed E-state index contributed by atoms with van der Waals surface area (Å²) in [5.74, 6) is 0.715. The number of halogens is 1. The Kier molecular flexibility index (Phi) is 8.15. The molecule has 0 amide bonds. The topological polar surface area (TPSA) is 69.1 Å². The van der Waals surface area contributed by atoms with Crippen molar-refractivity contribution >= 4 is 21.9 Å². The smallest absolute Gasteiger partial charge is 0.191 e. The molecule has 25 heavy (non-hydrogen) atoms. The average Bonchev–Trinajstić information content (AvgIpc) is 2.59. The van der Waals surface area contributed by atoms with Crippen LogP contribution in [0.25, 0.3) is 0 Å². The van der Waals surface area contributed by atoms with Crippen molar-refractivity contribution in [2.24, 2.45) is 4.99 Å². The second-order valence-electron chi connectivity index (χ2n) is 6.56. The molecule has 2 rings (SSSR count). The predicted octanol–water partition coefficient (Wildman–Crippen LogP) is 1.59. The molecule has 0 aliphatic carbocycles. The third kappa shape index (κ3) is 7.73. The quantitative estimate of drug-likeness (QED) is 0.468. The molecule has 1 heterocycles. The van der Waals surface area contributed by atoms with E-state index in [4.69, 9.17) is 4.74 Å². The van der Waals surface area contributed by atoms with Crippen molar-refractivity contribution in [3.05, 3.63) is 34.3 Å². The van der Waals surface area contributed by atoms with Gasteiger partial charge >= 0.3 is 0 Å². The van der Waals surface area contributed by atoms with Crippen LogP contribution in [0, 0.1) is 0 Å². The van der Waals surface area contributed by atoms with E-state index in [9.17, 15) is 5.11 Å². The van der Waals surface area contributed by atoms with Gasteiger partial charge in [-0.2, -0.15) is 0 Å². The van der Waals surface area contributed by atoms with Gasteiger partial charge in [0, 0.05) is 37.2 Å². The number of β-amino-alcohol motifs (C(OH)–C–C–N with tert-alkyl or cyclic N) is 1. The Balaban J connectivity index is 1.86. The number of nitrogens with one attached hydrogen (secondary N) is 2. The van der Waals surface area contributed by atoms with Crippen molar-refractivity contribution in [1.82, 2.24) is 15.5 Å². The Bertz CT molecular complexity index is 543. The zero-order valence-electron chi connectivity index (χ0n) is 15.1. The molecule has 1 unspecified atom stereocenters. The van der Waals surface area contributed by atoms with Crippen LogP contribution in [0.5, 0.6) is 0 Å². The summed E-state index contributed by atoms with van der Waals surface area (Å²) in [5, 5.41) is 17.1. The van der Waals surface area contributed by atoms with E-state index in [2.05, 4.69) is 36.5 Å². The highest BCUT2D eigenvalue weighted by Crippen LogP contribution is 2.11. The fourth-order valence-corrected chi connectivity index (χ4v) is 2.94. The van der Waals surface area contributed by atoms with E-state index in [1.807, 2.05) is 38.1 Å². The molecule has 0 saturated carbocycles. The molecule has 3 N–H and O–H groups in total. The summed E-state index contributed by atoms with van der Waals surface area (Å²) in [6.45, 7) is 9.53. The molecule has 7 heteroatoms. The van der Waals surface area contributed by atoms with Gasteiger partial charge in [0.1, 0.15) is 0 Å². The largest absolute Gasteiger partial charge is 0.387 e. The molecule has 1 aliphatic heterocycles. The Labute approximate surface area is 158 Å². The molecule has 0 bridgehead atoms. The van der Waals surface area contributed by atoms with E-state index in [1.54, 1.807) is 0 Å². The van der Waals surface area contributed by atoms with E-state index >= 15 is 0 Å². The molecular weight excluding hydrogens is 384 g/mol. The van der Waals surface area contributed by atoms with E-state index in [-0.39, 0.29) is 0 Å². The number of benzene rings is 1. The third-order valence-corrected chi connectivity index (χ3v) is 4.51. The highest BCUT2D eigenvalue weighted by Gasteiger charge is 2.25. The van der Waals surface area contributed by atoms with Crippen LogP contribution in [0.2, 0.25) is 0 Å². The highest BCUT2D eigenvalue weighted by molar-refractivity contribution is 9.10. The second kappa shape index (κ2) is 10.1. The minimum atomic E-state index is -0.828. The van der Waals surface area contributed by atoms with Crippen LogP contribution in [0.3, 0.4) is 0 Å². The third-order valence-electron chi connectivity index (χ3n) is 3.98. The van der Waals surface area contributed by atoms with Crippen molar-refractivity contribution in [1.29, 1.82) is 0 Å². The van der Waals surface area contributed by atoms with Crippen LogP contribution >= 0.6 is 15.9 Å². The lowest BCUT2D eigenvalue weighted by molar-refractivity contribution is -0.0201. The van der Waals surface area contributed by atoms with Crippen LogP contribution < -0.4 is 10.6 Å². The van der Waals surface area contributed by atoms with Crippen molar-refractivity contribution < 1.29 is 9.84 Å². The number of hydrogen-bond acceptors (Lipinski definition) is 4. The lowest BCUT2D eigenvalue weighted by Gasteiger charge is -2.34. The minimum Gasteiger partial charge on any atom is -0.387 e. The van der Waals surface area contributed by atoms with Crippen LogP contribution in [-0.2, 0) is 11.3 Å². The highest BCUT2D eigenvalue weighted by atomic mass is 79.9. The van der Waals surface area contributed by atoms with E-state index in [0.29, 0.717) is 25.6 Å². The molecule has 140 valence electrons. The van der Waals surface area contributed by atoms with Gasteiger partial charge in [-0.15, -0.1) is 0 Å². The van der Waals surface area contributed by atoms with Gasteiger partial charge in [-0.3, -0.25) is 4.90 Å². The van der Waals surface area contributed by atoms with E-state index < -0.39 is 5.60 Å². The maximum Gasteiger partial charge on any atom is 0.191 e. The first kappa shape index (κ1) is 20.2. The lowest BCUT2D eigenvalue weighted by Crippen LogP contribution is -2.52. The number of aliphatic hydroxyl groups is 1. The first-order valence-electron chi connectivity index (χ1n) is 8.77. The molecule has 1 fully saturated rings. The maximum atomic E-state index is 10.7. The molecule has 1 aromatic rings. The zero-order valence-corrected chi connectivity index (χ0v) is 16.7. The van der Waals surface area contributed by atoms with Crippen LogP contribution in [0.1, 0.15) is 19.4 Å². The van der Waals surface area contributed by atoms with Gasteiger partial charge in [-0.25, -0.2) is 4.99 Å². The monoisotopic (exact) mass is 412 g/mol. The Morgan fingerprint density at radius 2 is 1.96 bits per heavy atom. The van der Waals surface area contributed by atoms with Crippen molar-refractivity contribution in [3.8, 4) is 0 Å². The summed E-state index contributed by atoms with van der Waals surface area (Å²) in [6.07, 6.45) is 0. The van der Waals surface area contributed by atoms with Crippen molar-refractivity contribution in [3.63, 3.8) is 0 Å². The van der Waals surface area contributed by atoms with E-state index in [1.165, 1.54) is 0 Å². The molecule has 6 nitrogen and oxygen atoms in total. The van der Waals surface area contributed by atoms with Gasteiger partial charge in [0.05, 0.1) is 25.4 Å². The molecular formula is C18H29BrN4O2. The summed E-state index contributed by atoms with van der Waals surface area (Å²) >= 11 is 3.44. The molecule has 1 saturated heterocycles. The number of aliphatic imine (C=N–C) groups is 1. The van der Waals surface area contributed by atoms with Gasteiger partial charge < -0.3 is 20.5 Å². The van der Waals surface area contributed by atoms with E-state index in [0.717, 1.165) is 42.9 Å². The molecule has 0 radical (unpaired) electrons. The van der Waals surface area contributed by atoms with Crippen molar-refractivity contribution in [2.45, 2.75) is 26.0 Å². The number of morpholine rings is 1. The van der Waals surface area contributed by atoms with Gasteiger partial charge in [-0.1, -0.05) is 28.1 Å². The fourth-order valence-electron chi connectivity index (χ4n) is 2.67. The summed E-state index contributed by atoms with van der Waals surface area (Å²) in [7, 11) is 0. The standard InChI is InChI=1S/C18H29BrN4O2/c1-3-20-17(21-12-15-4-6-16(19)7-5-15)22-13-18(2,24)14-23-8-10-25-11-9-23/h4-7,24H,3,8-14H2,1-2H3,(H2,20,21,22). The van der Waals surface area contributed by atoms with Crippen LogP contribution in [-0.4, -0.2) is 67.5 Å². The average molecular weight is 413 g/mol. The number of hydrogen-bond donors (Lipinski definition) is 3. The Morgan fingerprint density at radius 1 is 1.28 bits per heavy atom. The Morgan fingerprint density at radius 3 is 2.60 bits per heavy atom. The summed E-state index contributed by atoms with van der Waals surface area (Å²) < 4.78 is 6.41. The maximum absolute atomic E-state index is 10.7. The number of rotatable bonds is 7. The summed E-state index contributed by atoms with van der Waals surface area (Å²) in [4.78, 5) is 6.83. The number of ether oxygens (including phenoxy) is 1. The zero-order chi connectivity index (χ0) is 18.1. The first-order chi connectivity index (χ1) is 12.0. The minimum absolute atomic E-state index is 0.441. The first-order valence-corrected chi connectivity index (χ1v) is 9.57. The molecule has 0 spiro atoms. The van der Waals surface area contributed by atoms with Gasteiger partial charge in [0.2, 0.25) is 0 Å². The molecule has 1 atom stereocenters. The second-order valence-corrected chi connectivity index (χ2v) is 7.48. The number of guanidine groups is 1. The van der Waals surface area contributed by atoms with Gasteiger partial charge in [-0.05, 0) is 31.5 Å². The molecule has 1 aliphatic rings. The number of nitrogens with zero attached hydrogens (tertiary/aromatic N) is 2. The van der Waals surface area contributed by atoms with Gasteiger partial charge in [0.25, 0.3) is 0 Å². The fraction of sp³-hybridized carbons (Fsp3) is 0.611. The predicted molar refractivity (Wildman–Crippen MR) is 105 cm³/mol. The van der Waals surface area contributed by atoms with Crippen LogP contribution in [0.4, 0.5) is 0 Å². The summed E-state index contributed by atoms with van der Waals surface area (Å²) in [6, 6.07) is 8.12. The normalized spacial score (nSPS) is 18.6. The Hall–Kier alpha value is -1.15. The molecule has 0 aromatic heterocycles. The van der Waals surface area contributed by atoms with Crippen molar-refractivity contribution in [2.75, 3.05) is 45.9 Å². The van der Waals surface area contributed by atoms with Crippen LogP contribution in [0.15, 0.2) is 33.7 Å². The SMILES string of the molecule is CCNC(=NCc1ccc(Br)cc1)NCC(C)(O)CN1CCOCC1.